The van der Waals surface area contributed by atoms with Crippen molar-refractivity contribution in [2.24, 2.45) is 0 Å². The molecule has 25 heavy (non-hydrogen) atoms. The summed E-state index contributed by atoms with van der Waals surface area (Å²) in [6.45, 7) is 1.95. The molecule has 2 N–H and O–H groups in total. The highest BCUT2D eigenvalue weighted by atomic mass is 19.1. The first kappa shape index (κ1) is 18.4. The number of carbonyl (C=O) groups is 2. The van der Waals surface area contributed by atoms with Gasteiger partial charge in [0.1, 0.15) is 0 Å². The summed E-state index contributed by atoms with van der Waals surface area (Å²) in [6, 6.07) is 10.2. The molecule has 0 saturated carbocycles. The lowest BCUT2D eigenvalue weighted by Crippen LogP contribution is -2.34. The van der Waals surface area contributed by atoms with E-state index < -0.39 is 23.7 Å². The van der Waals surface area contributed by atoms with E-state index in [2.05, 4.69) is 5.32 Å². The number of hydrogen-bond acceptors (Lipinski definition) is 3. The first-order valence-corrected chi connectivity index (χ1v) is 7.82. The van der Waals surface area contributed by atoms with Crippen LogP contribution in [-0.4, -0.2) is 24.1 Å². The monoisotopic (exact) mass is 345 g/mol. The zero-order chi connectivity index (χ0) is 18.4. The summed E-state index contributed by atoms with van der Waals surface area (Å²) < 4.78 is 18.6. The van der Waals surface area contributed by atoms with E-state index in [9.17, 15) is 19.1 Å². The summed E-state index contributed by atoms with van der Waals surface area (Å²) in [4.78, 5) is 23.6. The summed E-state index contributed by atoms with van der Waals surface area (Å²) >= 11 is 0. The summed E-state index contributed by atoms with van der Waals surface area (Å²) in [6.07, 6.45) is 0.648. The second kappa shape index (κ2) is 8.28. The van der Waals surface area contributed by atoms with Gasteiger partial charge in [0.15, 0.2) is 17.6 Å². The van der Waals surface area contributed by atoms with Gasteiger partial charge in [-0.15, -0.1) is 0 Å². The summed E-state index contributed by atoms with van der Waals surface area (Å²) in [5, 5.41) is 11.8. The third kappa shape index (κ3) is 4.79. The average molecular weight is 345 g/mol. The zero-order valence-electron chi connectivity index (χ0n) is 14.1. The Bertz CT molecular complexity index is 776. The predicted molar refractivity (Wildman–Crippen MR) is 91.0 cm³/mol. The van der Waals surface area contributed by atoms with Gasteiger partial charge in [0, 0.05) is 6.42 Å². The van der Waals surface area contributed by atoms with Gasteiger partial charge in [-0.1, -0.05) is 30.3 Å². The number of aliphatic carboxylic acids is 1. The number of ether oxygens (including phenoxy) is 1. The van der Waals surface area contributed by atoms with Gasteiger partial charge in [-0.25, -0.2) is 9.18 Å². The fraction of sp³-hybridized carbons (Fsp3) is 0.263. The van der Waals surface area contributed by atoms with Gasteiger partial charge in [0.2, 0.25) is 5.91 Å². The van der Waals surface area contributed by atoms with Gasteiger partial charge in [-0.2, -0.15) is 0 Å². The lowest BCUT2D eigenvalue weighted by atomic mass is 10.0. The molecule has 0 aliphatic rings. The SMILES string of the molecule is COc1ccc(C(NC(=O)CCc2ccccc2C)C(=O)O)cc1F. The Morgan fingerprint density at radius 2 is 1.96 bits per heavy atom. The normalized spacial score (nSPS) is 11.6. The molecule has 0 bridgehead atoms. The molecule has 0 aliphatic heterocycles. The Morgan fingerprint density at radius 3 is 2.56 bits per heavy atom. The molecule has 0 aliphatic carbocycles. The number of aryl methyl sites for hydroxylation is 2. The molecule has 5 nitrogen and oxygen atoms in total. The number of nitrogens with one attached hydrogen (secondary N) is 1. The fourth-order valence-electron chi connectivity index (χ4n) is 2.52. The maximum absolute atomic E-state index is 13.8. The van der Waals surface area contributed by atoms with E-state index in [0.717, 1.165) is 17.2 Å². The van der Waals surface area contributed by atoms with E-state index >= 15 is 0 Å². The molecule has 0 radical (unpaired) electrons. The highest BCUT2D eigenvalue weighted by molar-refractivity contribution is 5.84. The molecule has 1 atom stereocenters. The molecule has 1 unspecified atom stereocenters. The zero-order valence-corrected chi connectivity index (χ0v) is 14.1. The molecular formula is C19H20FNO4. The molecule has 0 fully saturated rings. The van der Waals surface area contributed by atoms with E-state index in [1.807, 2.05) is 31.2 Å². The lowest BCUT2D eigenvalue weighted by Gasteiger charge is -2.16. The van der Waals surface area contributed by atoms with Gasteiger partial charge >= 0.3 is 5.97 Å². The summed E-state index contributed by atoms with van der Waals surface area (Å²) in [5.41, 5.74) is 2.25. The summed E-state index contributed by atoms with van der Waals surface area (Å²) in [5.74, 6) is -2.33. The molecule has 0 saturated heterocycles. The minimum absolute atomic E-state index is 0.0127. The standard InChI is InChI=1S/C19H20FNO4/c1-12-5-3-4-6-13(12)8-10-17(22)21-18(19(23)24)14-7-9-16(25-2)15(20)11-14/h3-7,9,11,18H,8,10H2,1-2H3,(H,21,22)(H,23,24). The van der Waals surface area contributed by atoms with Crippen LogP contribution in [0.15, 0.2) is 42.5 Å². The Morgan fingerprint density at radius 1 is 1.24 bits per heavy atom. The van der Waals surface area contributed by atoms with Crippen molar-refractivity contribution in [2.75, 3.05) is 7.11 Å². The van der Waals surface area contributed by atoms with Crippen molar-refractivity contribution in [2.45, 2.75) is 25.8 Å². The van der Waals surface area contributed by atoms with Gasteiger partial charge in [0.25, 0.3) is 0 Å². The van der Waals surface area contributed by atoms with Crippen molar-refractivity contribution in [1.29, 1.82) is 0 Å². The number of amides is 1. The number of benzene rings is 2. The molecule has 0 aromatic heterocycles. The molecular weight excluding hydrogens is 325 g/mol. The topological polar surface area (TPSA) is 75.6 Å². The van der Waals surface area contributed by atoms with E-state index in [1.54, 1.807) is 0 Å². The van der Waals surface area contributed by atoms with Crippen LogP contribution < -0.4 is 10.1 Å². The molecule has 2 aromatic carbocycles. The Balaban J connectivity index is 2.06. The fourth-order valence-corrected chi connectivity index (χ4v) is 2.52. The van der Waals surface area contributed by atoms with Crippen LogP contribution in [0, 0.1) is 12.7 Å². The number of carboxylic acids is 1. The highest BCUT2D eigenvalue weighted by Crippen LogP contribution is 2.22. The smallest absolute Gasteiger partial charge is 0.330 e. The van der Waals surface area contributed by atoms with E-state index in [-0.39, 0.29) is 17.7 Å². The van der Waals surface area contributed by atoms with Crippen LogP contribution >= 0.6 is 0 Å². The van der Waals surface area contributed by atoms with E-state index in [4.69, 9.17) is 4.74 Å². The third-order valence-electron chi connectivity index (χ3n) is 3.94. The molecule has 6 heteroatoms. The van der Waals surface area contributed by atoms with E-state index in [0.29, 0.717) is 6.42 Å². The van der Waals surface area contributed by atoms with Gasteiger partial charge in [-0.05, 0) is 42.2 Å². The number of methoxy groups -OCH3 is 1. The predicted octanol–water partition coefficient (Wildman–Crippen LogP) is 3.02. The quantitative estimate of drug-likeness (QED) is 0.809. The maximum atomic E-state index is 13.8. The largest absolute Gasteiger partial charge is 0.494 e. The van der Waals surface area contributed by atoms with Crippen molar-refractivity contribution in [3.05, 3.63) is 65.0 Å². The number of hydrogen-bond donors (Lipinski definition) is 2. The minimum Gasteiger partial charge on any atom is -0.494 e. The number of halogens is 1. The van der Waals surface area contributed by atoms with Crippen LogP contribution in [-0.2, 0) is 16.0 Å². The Hall–Kier alpha value is -2.89. The van der Waals surface area contributed by atoms with Crippen LogP contribution in [0.4, 0.5) is 4.39 Å². The highest BCUT2D eigenvalue weighted by Gasteiger charge is 2.23. The van der Waals surface area contributed by atoms with Crippen molar-refractivity contribution >= 4 is 11.9 Å². The Labute approximate surface area is 145 Å². The maximum Gasteiger partial charge on any atom is 0.330 e. The van der Waals surface area contributed by atoms with Crippen molar-refractivity contribution in [1.82, 2.24) is 5.32 Å². The first-order chi connectivity index (χ1) is 11.9. The van der Waals surface area contributed by atoms with Crippen molar-refractivity contribution < 1.29 is 23.8 Å². The number of rotatable bonds is 7. The molecule has 0 spiro atoms. The number of carbonyl (C=O) groups excluding carboxylic acids is 1. The van der Waals surface area contributed by atoms with Crippen LogP contribution in [0.3, 0.4) is 0 Å². The van der Waals surface area contributed by atoms with Crippen molar-refractivity contribution in [3.63, 3.8) is 0 Å². The average Bonchev–Trinajstić information content (AvgIpc) is 2.58. The third-order valence-corrected chi connectivity index (χ3v) is 3.94. The van der Waals surface area contributed by atoms with Crippen LogP contribution in [0.1, 0.15) is 29.2 Å². The summed E-state index contributed by atoms with van der Waals surface area (Å²) in [7, 11) is 1.32. The molecule has 0 heterocycles. The molecule has 132 valence electrons. The van der Waals surface area contributed by atoms with Gasteiger partial charge in [-0.3, -0.25) is 4.79 Å². The van der Waals surface area contributed by atoms with Gasteiger partial charge < -0.3 is 15.2 Å². The molecule has 1 amide bonds. The first-order valence-electron chi connectivity index (χ1n) is 7.82. The molecule has 2 aromatic rings. The van der Waals surface area contributed by atoms with Crippen LogP contribution in [0.2, 0.25) is 0 Å². The van der Waals surface area contributed by atoms with E-state index in [1.165, 1.54) is 19.2 Å². The lowest BCUT2D eigenvalue weighted by molar-refractivity contribution is -0.142. The second-order valence-electron chi connectivity index (χ2n) is 5.66. The Kier molecular flexibility index (Phi) is 6.11. The van der Waals surface area contributed by atoms with Crippen LogP contribution in [0.5, 0.6) is 5.75 Å². The number of carboxylic acid groups (broad SMARTS) is 1. The van der Waals surface area contributed by atoms with Crippen LogP contribution in [0.25, 0.3) is 0 Å². The van der Waals surface area contributed by atoms with Crippen molar-refractivity contribution in [3.8, 4) is 5.75 Å². The second-order valence-corrected chi connectivity index (χ2v) is 5.66. The minimum atomic E-state index is -1.32. The molecule has 2 rings (SSSR count). The van der Waals surface area contributed by atoms with Gasteiger partial charge in [0.05, 0.1) is 7.11 Å².